The van der Waals surface area contributed by atoms with Crippen molar-refractivity contribution in [1.29, 1.82) is 0 Å². The Morgan fingerprint density at radius 2 is 2.28 bits per heavy atom. The summed E-state index contributed by atoms with van der Waals surface area (Å²) < 4.78 is 0. The Hall–Kier alpha value is -0.450. The molecule has 1 aromatic heterocycles. The molecule has 1 N–H and O–H groups in total. The first-order valence-electron chi connectivity index (χ1n) is 6.91. The Morgan fingerprint density at radius 3 is 2.94 bits per heavy atom. The van der Waals surface area contributed by atoms with Crippen molar-refractivity contribution in [1.82, 2.24) is 15.2 Å². The van der Waals surface area contributed by atoms with Gasteiger partial charge in [0.25, 0.3) is 0 Å². The van der Waals surface area contributed by atoms with Gasteiger partial charge in [0.1, 0.15) is 0 Å². The van der Waals surface area contributed by atoms with E-state index in [9.17, 15) is 0 Å². The Bertz CT molecular complexity index is 377. The minimum absolute atomic E-state index is 0.664. The third-order valence-corrected chi connectivity index (χ3v) is 5.05. The van der Waals surface area contributed by atoms with Crippen molar-refractivity contribution >= 4 is 11.3 Å². The molecule has 4 heteroatoms. The number of aromatic nitrogens is 1. The van der Waals surface area contributed by atoms with Crippen LogP contribution in [0, 0.1) is 12.8 Å². The predicted octanol–water partition coefficient (Wildman–Crippen LogP) is 2.31. The largest absolute Gasteiger partial charge is 0.313 e. The first-order chi connectivity index (χ1) is 8.56. The summed E-state index contributed by atoms with van der Waals surface area (Å²) in [4.78, 5) is 6.97. The molecule has 1 aromatic rings. The molecular formula is C14H25N3S. The standard InChI is InChI=1S/C14H25N3S/c1-10-8-17(4)12(3)7-13(10)15-6-5-14-16-11(2)9-18-14/h9-10,12-13,15H,5-8H2,1-4H3. The van der Waals surface area contributed by atoms with Gasteiger partial charge in [-0.25, -0.2) is 4.98 Å². The van der Waals surface area contributed by atoms with Gasteiger partial charge < -0.3 is 10.2 Å². The minimum Gasteiger partial charge on any atom is -0.313 e. The molecule has 1 saturated heterocycles. The average Bonchev–Trinajstić information content (AvgIpc) is 2.71. The highest BCUT2D eigenvalue weighted by molar-refractivity contribution is 7.09. The molecule has 0 saturated carbocycles. The van der Waals surface area contributed by atoms with Crippen molar-refractivity contribution in [3.05, 3.63) is 16.1 Å². The summed E-state index contributed by atoms with van der Waals surface area (Å²) in [5.41, 5.74) is 1.15. The third-order valence-electron chi connectivity index (χ3n) is 4.02. The van der Waals surface area contributed by atoms with E-state index in [1.54, 1.807) is 11.3 Å². The molecule has 18 heavy (non-hydrogen) atoms. The van der Waals surface area contributed by atoms with Gasteiger partial charge in [0.15, 0.2) is 0 Å². The van der Waals surface area contributed by atoms with Gasteiger partial charge in [-0.2, -0.15) is 0 Å². The number of aryl methyl sites for hydroxylation is 1. The van der Waals surface area contributed by atoms with Crippen LogP contribution >= 0.6 is 11.3 Å². The number of nitrogens with one attached hydrogen (secondary N) is 1. The van der Waals surface area contributed by atoms with E-state index in [1.807, 2.05) is 0 Å². The molecule has 1 aliphatic rings. The van der Waals surface area contributed by atoms with Crippen LogP contribution in [0.5, 0.6) is 0 Å². The Labute approximate surface area is 115 Å². The highest BCUT2D eigenvalue weighted by atomic mass is 32.1. The molecule has 0 bridgehead atoms. The van der Waals surface area contributed by atoms with Gasteiger partial charge in [-0.3, -0.25) is 0 Å². The average molecular weight is 267 g/mol. The lowest BCUT2D eigenvalue weighted by molar-refractivity contribution is 0.122. The van der Waals surface area contributed by atoms with E-state index >= 15 is 0 Å². The molecule has 1 fully saturated rings. The Morgan fingerprint density at radius 1 is 1.50 bits per heavy atom. The second kappa shape index (κ2) is 6.13. The summed E-state index contributed by atoms with van der Waals surface area (Å²) in [6.45, 7) is 9.00. The molecule has 0 aliphatic carbocycles. The van der Waals surface area contributed by atoms with Crippen molar-refractivity contribution in [2.75, 3.05) is 20.1 Å². The highest BCUT2D eigenvalue weighted by Crippen LogP contribution is 2.20. The monoisotopic (exact) mass is 267 g/mol. The highest BCUT2D eigenvalue weighted by Gasteiger charge is 2.28. The van der Waals surface area contributed by atoms with Crippen molar-refractivity contribution in [3.63, 3.8) is 0 Å². The van der Waals surface area contributed by atoms with Crippen molar-refractivity contribution < 1.29 is 0 Å². The lowest BCUT2D eigenvalue weighted by Gasteiger charge is -2.40. The van der Waals surface area contributed by atoms with E-state index in [1.165, 1.54) is 18.0 Å². The van der Waals surface area contributed by atoms with E-state index in [4.69, 9.17) is 0 Å². The zero-order valence-electron chi connectivity index (χ0n) is 11.9. The van der Waals surface area contributed by atoms with E-state index in [2.05, 4.69) is 48.4 Å². The fraction of sp³-hybridized carbons (Fsp3) is 0.786. The Balaban J connectivity index is 1.76. The summed E-state index contributed by atoms with van der Waals surface area (Å²) in [6, 6.07) is 1.36. The predicted molar refractivity (Wildman–Crippen MR) is 78.2 cm³/mol. The quantitative estimate of drug-likeness (QED) is 0.907. The first kappa shape index (κ1) is 14.0. The minimum atomic E-state index is 0.664. The van der Waals surface area contributed by atoms with Crippen molar-refractivity contribution in [3.8, 4) is 0 Å². The molecule has 2 heterocycles. The number of thiazole rings is 1. The van der Waals surface area contributed by atoms with Crippen LogP contribution in [0.1, 0.15) is 31.0 Å². The maximum atomic E-state index is 4.51. The van der Waals surface area contributed by atoms with E-state index in [0.717, 1.165) is 24.6 Å². The lowest BCUT2D eigenvalue weighted by atomic mass is 9.90. The Kier molecular flexibility index (Phi) is 4.76. The van der Waals surface area contributed by atoms with Gasteiger partial charge >= 0.3 is 0 Å². The molecule has 0 spiro atoms. The van der Waals surface area contributed by atoms with Gasteiger partial charge in [-0.15, -0.1) is 11.3 Å². The van der Waals surface area contributed by atoms with Crippen LogP contribution < -0.4 is 5.32 Å². The molecule has 3 nitrogen and oxygen atoms in total. The molecule has 0 radical (unpaired) electrons. The maximum absolute atomic E-state index is 4.51. The third kappa shape index (κ3) is 3.53. The van der Waals surface area contributed by atoms with Gasteiger partial charge in [-0.05, 0) is 33.2 Å². The van der Waals surface area contributed by atoms with Crippen LogP contribution in [-0.4, -0.2) is 42.1 Å². The summed E-state index contributed by atoms with van der Waals surface area (Å²) >= 11 is 1.78. The molecule has 102 valence electrons. The van der Waals surface area contributed by atoms with Crippen LogP contribution in [0.15, 0.2) is 5.38 Å². The van der Waals surface area contributed by atoms with Crippen LogP contribution in [-0.2, 0) is 6.42 Å². The smallest absolute Gasteiger partial charge is 0.0940 e. The van der Waals surface area contributed by atoms with Crippen LogP contribution in [0.4, 0.5) is 0 Å². The summed E-state index contributed by atoms with van der Waals surface area (Å²) in [6.07, 6.45) is 2.32. The lowest BCUT2D eigenvalue weighted by Crippen LogP contribution is -2.51. The molecule has 3 atom stereocenters. The second-order valence-corrected chi connectivity index (χ2v) is 6.64. The van der Waals surface area contributed by atoms with Gasteiger partial charge in [0.2, 0.25) is 0 Å². The summed E-state index contributed by atoms with van der Waals surface area (Å²) in [5, 5.41) is 7.11. The topological polar surface area (TPSA) is 28.2 Å². The number of likely N-dealkylation sites (tertiary alicyclic amines) is 1. The SMILES string of the molecule is Cc1csc(CCNC2CC(C)N(C)CC2C)n1. The number of rotatable bonds is 4. The van der Waals surface area contributed by atoms with Gasteiger partial charge in [0.05, 0.1) is 5.01 Å². The van der Waals surface area contributed by atoms with Crippen LogP contribution in [0.2, 0.25) is 0 Å². The van der Waals surface area contributed by atoms with Gasteiger partial charge in [0, 0.05) is 42.7 Å². The van der Waals surface area contributed by atoms with Gasteiger partial charge in [-0.1, -0.05) is 6.92 Å². The fourth-order valence-electron chi connectivity index (χ4n) is 2.71. The molecule has 3 unspecified atom stereocenters. The van der Waals surface area contributed by atoms with Crippen LogP contribution in [0.3, 0.4) is 0 Å². The number of hydrogen-bond donors (Lipinski definition) is 1. The number of piperidine rings is 1. The van der Waals surface area contributed by atoms with E-state index < -0.39 is 0 Å². The van der Waals surface area contributed by atoms with Crippen molar-refractivity contribution in [2.45, 2.75) is 45.7 Å². The zero-order valence-corrected chi connectivity index (χ0v) is 12.8. The number of nitrogens with zero attached hydrogens (tertiary/aromatic N) is 2. The van der Waals surface area contributed by atoms with E-state index in [0.29, 0.717) is 12.1 Å². The van der Waals surface area contributed by atoms with E-state index in [-0.39, 0.29) is 0 Å². The summed E-state index contributed by atoms with van der Waals surface area (Å²) in [5.74, 6) is 0.740. The molecule has 0 aromatic carbocycles. The maximum Gasteiger partial charge on any atom is 0.0940 e. The summed E-state index contributed by atoms with van der Waals surface area (Å²) in [7, 11) is 2.23. The van der Waals surface area contributed by atoms with Crippen molar-refractivity contribution in [2.24, 2.45) is 5.92 Å². The zero-order chi connectivity index (χ0) is 13.1. The molecule has 2 rings (SSSR count). The van der Waals surface area contributed by atoms with Crippen LogP contribution in [0.25, 0.3) is 0 Å². The molecular weight excluding hydrogens is 242 g/mol. The molecule has 1 aliphatic heterocycles. The number of hydrogen-bond acceptors (Lipinski definition) is 4. The fourth-order valence-corrected chi connectivity index (χ4v) is 3.48. The first-order valence-corrected chi connectivity index (χ1v) is 7.79. The molecule has 0 amide bonds. The second-order valence-electron chi connectivity index (χ2n) is 5.69. The normalized spacial score (nSPS) is 29.7.